The third kappa shape index (κ3) is 2.70. The molecule has 3 aromatic rings. The van der Waals surface area contributed by atoms with Crippen LogP contribution < -0.4 is 10.6 Å². The molecule has 1 N–H and O–H groups in total. The molecular formula is C16H13BOP. The Morgan fingerprint density at radius 1 is 0.684 bits per heavy atom. The first-order valence-electron chi connectivity index (χ1n) is 5.88. The van der Waals surface area contributed by atoms with Crippen molar-refractivity contribution in [1.29, 1.82) is 0 Å². The summed E-state index contributed by atoms with van der Waals surface area (Å²) in [5, 5.41) is 4.32. The van der Waals surface area contributed by atoms with Gasteiger partial charge in [-0.2, -0.15) is 0 Å². The fourth-order valence-electron chi connectivity index (χ4n) is 2.10. The zero-order valence-electron chi connectivity index (χ0n) is 10.4. The van der Waals surface area contributed by atoms with Crippen LogP contribution in [-0.2, 0) is 0 Å². The molecule has 0 saturated heterocycles. The number of hydrogen-bond acceptors (Lipinski definition) is 1. The van der Waals surface area contributed by atoms with Gasteiger partial charge in [-0.15, -0.1) is 0 Å². The molecule has 3 rings (SSSR count). The molecule has 0 aliphatic carbocycles. The second-order valence-corrected chi connectivity index (χ2v) is 5.77. The van der Waals surface area contributed by atoms with Gasteiger partial charge in [0.15, 0.2) is 0 Å². The van der Waals surface area contributed by atoms with Crippen molar-refractivity contribution >= 4 is 37.9 Å². The van der Waals surface area contributed by atoms with Crippen LogP contribution in [0.5, 0.6) is 0 Å². The Kier molecular flexibility index (Phi) is 4.37. The van der Waals surface area contributed by atoms with Crippen molar-refractivity contribution in [2.75, 3.05) is 0 Å². The molecule has 0 spiro atoms. The molecule has 0 bridgehead atoms. The highest BCUT2D eigenvalue weighted by Gasteiger charge is 2.12. The minimum Gasteiger partial charge on any atom is -0.364 e. The van der Waals surface area contributed by atoms with Crippen LogP contribution in [0.4, 0.5) is 0 Å². The molecule has 0 aromatic heterocycles. The van der Waals surface area contributed by atoms with Gasteiger partial charge in [0.1, 0.15) is 0 Å². The lowest BCUT2D eigenvalue weighted by molar-refractivity contribution is 0.645. The van der Waals surface area contributed by atoms with Crippen LogP contribution in [0.25, 0.3) is 10.8 Å². The van der Waals surface area contributed by atoms with Crippen molar-refractivity contribution in [3.8, 4) is 0 Å². The zero-order valence-corrected chi connectivity index (χ0v) is 11.3. The van der Waals surface area contributed by atoms with E-state index in [1.54, 1.807) is 0 Å². The topological polar surface area (TPSA) is 20.2 Å². The number of hydrogen-bond donors (Lipinski definition) is 1. The first-order valence-corrected chi connectivity index (χ1v) is 7.17. The first-order chi connectivity index (χ1) is 8.86. The largest absolute Gasteiger partial charge is 0.364 e. The zero-order chi connectivity index (χ0) is 12.4. The summed E-state index contributed by atoms with van der Waals surface area (Å²) in [5.41, 5.74) is 0. The second kappa shape index (κ2) is 6.01. The molecule has 19 heavy (non-hydrogen) atoms. The molecule has 0 aliphatic rings. The van der Waals surface area contributed by atoms with E-state index in [0.29, 0.717) is 0 Å². The summed E-state index contributed by atoms with van der Waals surface area (Å²) in [4.78, 5) is 10.6. The van der Waals surface area contributed by atoms with E-state index >= 15 is 0 Å². The molecular weight excluding hydrogens is 250 g/mol. The van der Waals surface area contributed by atoms with Gasteiger partial charge in [0.25, 0.3) is 0 Å². The third-order valence-corrected chi connectivity index (χ3v) is 4.63. The van der Waals surface area contributed by atoms with Crippen molar-refractivity contribution in [3.05, 3.63) is 72.8 Å². The average molecular weight is 263 g/mol. The van der Waals surface area contributed by atoms with Crippen molar-refractivity contribution in [3.63, 3.8) is 0 Å². The van der Waals surface area contributed by atoms with Crippen LogP contribution in [0.15, 0.2) is 72.8 Å². The van der Waals surface area contributed by atoms with Gasteiger partial charge in [-0.1, -0.05) is 72.8 Å². The normalized spacial score (nSPS) is 11.8. The van der Waals surface area contributed by atoms with Crippen molar-refractivity contribution in [2.45, 2.75) is 0 Å². The van der Waals surface area contributed by atoms with E-state index in [2.05, 4.69) is 18.2 Å². The molecule has 0 amide bonds. The monoisotopic (exact) mass is 263 g/mol. The Hall–Kier alpha value is -1.63. The summed E-state index contributed by atoms with van der Waals surface area (Å²) < 4.78 is 0. The highest BCUT2D eigenvalue weighted by atomic mass is 31.1. The van der Waals surface area contributed by atoms with Crippen molar-refractivity contribution in [2.24, 2.45) is 0 Å². The Bertz CT molecular complexity index is 664. The van der Waals surface area contributed by atoms with Gasteiger partial charge in [-0.3, -0.25) is 0 Å². The Morgan fingerprint density at radius 3 is 2.11 bits per heavy atom. The highest BCUT2D eigenvalue weighted by Crippen LogP contribution is 2.31. The molecule has 1 unspecified atom stereocenters. The van der Waals surface area contributed by atoms with E-state index in [1.807, 2.05) is 54.6 Å². The van der Waals surface area contributed by atoms with Crippen LogP contribution in [0.1, 0.15) is 0 Å². The Labute approximate surface area is 116 Å². The standard InChI is InChI=1S/C16H13OP.B/c17-18(14-9-2-1-3-10-14)16-12-6-8-13-7-4-5-11-15(13)16;/h1-12,17H;. The Balaban J connectivity index is 0.00000133. The lowest BCUT2D eigenvalue weighted by atomic mass is 10.1. The summed E-state index contributed by atoms with van der Waals surface area (Å²) in [6.45, 7) is 0. The lowest BCUT2D eigenvalue weighted by Gasteiger charge is -2.13. The predicted molar refractivity (Wildman–Crippen MR) is 84.6 cm³/mol. The summed E-state index contributed by atoms with van der Waals surface area (Å²) in [6.07, 6.45) is 0. The minimum absolute atomic E-state index is 0. The second-order valence-electron chi connectivity index (χ2n) is 4.15. The molecule has 1 nitrogen and oxygen atoms in total. The SMILES string of the molecule is OP(c1ccccc1)c1cccc2ccccc12.[B]. The molecule has 0 saturated carbocycles. The fourth-order valence-corrected chi connectivity index (χ4v) is 3.49. The third-order valence-electron chi connectivity index (χ3n) is 3.00. The van der Waals surface area contributed by atoms with Gasteiger partial charge in [0, 0.05) is 19.0 Å². The summed E-state index contributed by atoms with van der Waals surface area (Å²) >= 11 is 0. The smallest absolute Gasteiger partial charge is 0.0883 e. The van der Waals surface area contributed by atoms with Gasteiger partial charge in [-0.25, -0.2) is 0 Å². The number of fused-ring (bicyclic) bond motifs is 1. The van der Waals surface area contributed by atoms with Crippen LogP contribution in [0.2, 0.25) is 0 Å². The van der Waals surface area contributed by atoms with Gasteiger partial charge >= 0.3 is 0 Å². The van der Waals surface area contributed by atoms with Gasteiger partial charge in [0.2, 0.25) is 0 Å². The molecule has 0 heterocycles. The fraction of sp³-hybridized carbons (Fsp3) is 0. The van der Waals surface area contributed by atoms with Crippen LogP contribution in [0.3, 0.4) is 0 Å². The Morgan fingerprint density at radius 2 is 1.32 bits per heavy atom. The highest BCUT2D eigenvalue weighted by molar-refractivity contribution is 7.68. The van der Waals surface area contributed by atoms with Gasteiger partial charge in [0.05, 0.1) is 8.15 Å². The van der Waals surface area contributed by atoms with E-state index in [4.69, 9.17) is 0 Å². The maximum atomic E-state index is 10.6. The quantitative estimate of drug-likeness (QED) is 0.556. The number of rotatable bonds is 2. The molecule has 3 aromatic carbocycles. The van der Waals surface area contributed by atoms with Crippen LogP contribution in [-0.4, -0.2) is 13.3 Å². The van der Waals surface area contributed by atoms with Crippen LogP contribution >= 0.6 is 8.15 Å². The van der Waals surface area contributed by atoms with Gasteiger partial charge < -0.3 is 4.89 Å². The maximum Gasteiger partial charge on any atom is 0.0883 e. The lowest BCUT2D eigenvalue weighted by Crippen LogP contribution is -2.11. The van der Waals surface area contributed by atoms with E-state index in [1.165, 1.54) is 5.39 Å². The first kappa shape index (κ1) is 13.8. The van der Waals surface area contributed by atoms with Crippen LogP contribution in [0, 0.1) is 0 Å². The van der Waals surface area contributed by atoms with Crippen molar-refractivity contribution in [1.82, 2.24) is 0 Å². The average Bonchev–Trinajstić information content (AvgIpc) is 2.47. The predicted octanol–water partition coefficient (Wildman–Crippen LogP) is 2.80. The molecule has 91 valence electrons. The molecule has 1 atom stereocenters. The van der Waals surface area contributed by atoms with E-state index in [9.17, 15) is 4.89 Å². The molecule has 0 fully saturated rings. The van der Waals surface area contributed by atoms with Crippen molar-refractivity contribution < 1.29 is 4.89 Å². The summed E-state index contributed by atoms with van der Waals surface area (Å²) in [5.74, 6) is 0. The van der Waals surface area contributed by atoms with Gasteiger partial charge in [-0.05, 0) is 10.8 Å². The molecule has 3 heteroatoms. The summed E-state index contributed by atoms with van der Waals surface area (Å²) in [6, 6.07) is 24.1. The van der Waals surface area contributed by atoms with E-state index in [-0.39, 0.29) is 8.41 Å². The van der Waals surface area contributed by atoms with E-state index < -0.39 is 8.15 Å². The maximum absolute atomic E-state index is 10.6. The minimum atomic E-state index is -1.27. The number of benzene rings is 3. The molecule has 0 aliphatic heterocycles. The molecule has 3 radical (unpaired) electrons. The van der Waals surface area contributed by atoms with E-state index in [0.717, 1.165) is 16.0 Å². The summed E-state index contributed by atoms with van der Waals surface area (Å²) in [7, 11) is -1.27.